The van der Waals surface area contributed by atoms with Gasteiger partial charge in [0.25, 0.3) is 0 Å². The molecular weight excluding hydrogens is 512 g/mol. The first-order valence-electron chi connectivity index (χ1n) is 11.6. The number of aryl methyl sites for hydroxylation is 1. The van der Waals surface area contributed by atoms with Gasteiger partial charge in [-0.05, 0) is 24.6 Å². The molecule has 2 fully saturated rings. The van der Waals surface area contributed by atoms with E-state index in [0.717, 1.165) is 16.7 Å². The van der Waals surface area contributed by atoms with E-state index in [9.17, 15) is 9.59 Å². The van der Waals surface area contributed by atoms with Crippen LogP contribution in [0, 0.1) is 6.92 Å². The Morgan fingerprint density at radius 2 is 1.73 bits per heavy atom. The lowest BCUT2D eigenvalue weighted by Crippen LogP contribution is -2.37. The van der Waals surface area contributed by atoms with E-state index in [-0.39, 0.29) is 38.8 Å². The second kappa shape index (κ2) is 11.0. The van der Waals surface area contributed by atoms with E-state index < -0.39 is 41.7 Å². The standard InChI is InChI=1S/C24H25ClN2O10/c1-12-21(16-9-32-22(15(16)8-26-12)13-2-4-14(25)5-3-13)36-20(29)7-6-19(28)35-17-10-33-24-18(37-27(30)31)11-34-23(17)24/h2-5,8,17-18,22-24,30-31H,6-7,9-11H2,1H3/t17-,18-,22+,23-,24-/m1/s1. The fraction of sp³-hybridized carbons (Fsp3) is 0.458. The van der Waals surface area contributed by atoms with Crippen molar-refractivity contribution in [2.45, 2.75) is 56.9 Å². The second-order valence-corrected chi connectivity index (χ2v) is 9.28. The fourth-order valence-electron chi connectivity index (χ4n) is 4.67. The van der Waals surface area contributed by atoms with Crippen LogP contribution in [0.2, 0.25) is 5.02 Å². The molecule has 5 atom stereocenters. The highest BCUT2D eigenvalue weighted by Gasteiger charge is 2.51. The number of halogens is 1. The van der Waals surface area contributed by atoms with Crippen molar-refractivity contribution in [3.63, 3.8) is 0 Å². The minimum atomic E-state index is -0.758. The topological polar surface area (TPSA) is 146 Å². The minimum Gasteiger partial charge on any atom is -0.457 e. The Kier molecular flexibility index (Phi) is 7.70. The monoisotopic (exact) mass is 536 g/mol. The van der Waals surface area contributed by atoms with Crippen LogP contribution in [0.1, 0.15) is 41.3 Å². The zero-order valence-corrected chi connectivity index (χ0v) is 20.5. The number of carbonyl (C=O) groups is 2. The number of carbonyl (C=O) groups excluding carboxylic acids is 2. The molecule has 13 heteroatoms. The van der Waals surface area contributed by atoms with Crippen LogP contribution in [0.5, 0.6) is 5.75 Å². The van der Waals surface area contributed by atoms with Crippen LogP contribution < -0.4 is 4.74 Å². The fourth-order valence-corrected chi connectivity index (χ4v) is 4.80. The molecule has 12 nitrogen and oxygen atoms in total. The van der Waals surface area contributed by atoms with E-state index in [1.54, 1.807) is 25.3 Å². The molecule has 0 saturated carbocycles. The highest BCUT2D eigenvalue weighted by Crippen LogP contribution is 2.41. The summed E-state index contributed by atoms with van der Waals surface area (Å²) in [6.07, 6.45) is -1.77. The van der Waals surface area contributed by atoms with Gasteiger partial charge in [-0.25, -0.2) is 4.84 Å². The van der Waals surface area contributed by atoms with Gasteiger partial charge in [0, 0.05) is 22.3 Å². The van der Waals surface area contributed by atoms with Gasteiger partial charge in [0.15, 0.2) is 11.9 Å². The number of esters is 2. The Labute approximate surface area is 216 Å². The summed E-state index contributed by atoms with van der Waals surface area (Å²) in [5.41, 5.74) is 2.97. The molecule has 3 aliphatic rings. The summed E-state index contributed by atoms with van der Waals surface area (Å²) < 4.78 is 28.0. The summed E-state index contributed by atoms with van der Waals surface area (Å²) in [6.45, 7) is 2.06. The summed E-state index contributed by atoms with van der Waals surface area (Å²) in [4.78, 5) is 34.1. The molecule has 0 bridgehead atoms. The molecule has 0 spiro atoms. The molecule has 2 aromatic rings. The molecule has 0 aliphatic carbocycles. The maximum Gasteiger partial charge on any atom is 0.311 e. The highest BCUT2D eigenvalue weighted by atomic mass is 35.5. The first-order valence-corrected chi connectivity index (χ1v) is 12.0. The number of nitrogens with zero attached hydrogens (tertiary/aromatic N) is 2. The average molecular weight is 537 g/mol. The summed E-state index contributed by atoms with van der Waals surface area (Å²) >= 11 is 5.99. The molecular formula is C24H25ClN2O10. The van der Waals surface area contributed by atoms with Gasteiger partial charge in [0.1, 0.15) is 24.4 Å². The normalized spacial score (nSPS) is 26.2. The quantitative estimate of drug-likeness (QED) is 0.377. The number of pyridine rings is 1. The zero-order valence-electron chi connectivity index (χ0n) is 19.7. The number of ether oxygens (including phenoxy) is 5. The zero-order chi connectivity index (χ0) is 26.1. The molecule has 4 heterocycles. The van der Waals surface area contributed by atoms with Crippen molar-refractivity contribution in [3.05, 3.63) is 57.9 Å². The summed E-state index contributed by atoms with van der Waals surface area (Å²) in [5.74, 6) is -0.904. The summed E-state index contributed by atoms with van der Waals surface area (Å²) in [7, 11) is 0. The van der Waals surface area contributed by atoms with Crippen LogP contribution in [0.4, 0.5) is 0 Å². The van der Waals surface area contributed by atoms with E-state index in [2.05, 4.69) is 4.98 Å². The van der Waals surface area contributed by atoms with E-state index in [1.165, 1.54) is 0 Å². The largest absolute Gasteiger partial charge is 0.457 e. The molecule has 0 unspecified atom stereocenters. The van der Waals surface area contributed by atoms with Gasteiger partial charge in [0.2, 0.25) is 0 Å². The van der Waals surface area contributed by atoms with Crippen molar-refractivity contribution in [2.24, 2.45) is 0 Å². The predicted molar refractivity (Wildman–Crippen MR) is 122 cm³/mol. The van der Waals surface area contributed by atoms with Crippen LogP contribution in [-0.2, 0) is 40.0 Å². The third kappa shape index (κ3) is 5.61. The van der Waals surface area contributed by atoms with Crippen LogP contribution in [-0.4, -0.2) is 70.4 Å². The van der Waals surface area contributed by atoms with E-state index in [1.807, 2.05) is 12.1 Å². The van der Waals surface area contributed by atoms with Crippen molar-refractivity contribution in [2.75, 3.05) is 13.2 Å². The Hall–Kier alpha value is -2.68. The maximum absolute atomic E-state index is 12.6. The Balaban J connectivity index is 1.15. The molecule has 198 valence electrons. The molecule has 1 aromatic carbocycles. The number of benzene rings is 1. The Morgan fingerprint density at radius 3 is 2.46 bits per heavy atom. The average Bonchev–Trinajstić information content (AvgIpc) is 3.57. The van der Waals surface area contributed by atoms with Gasteiger partial charge in [-0.15, -0.1) is 0 Å². The van der Waals surface area contributed by atoms with E-state index >= 15 is 0 Å². The number of hydrogen-bond donors (Lipinski definition) is 2. The molecule has 5 rings (SSSR count). The third-order valence-electron chi connectivity index (χ3n) is 6.42. The number of rotatable bonds is 8. The molecule has 3 aliphatic heterocycles. The van der Waals surface area contributed by atoms with Crippen molar-refractivity contribution >= 4 is 23.5 Å². The Morgan fingerprint density at radius 1 is 1.05 bits per heavy atom. The highest BCUT2D eigenvalue weighted by molar-refractivity contribution is 6.30. The van der Waals surface area contributed by atoms with Crippen molar-refractivity contribution in [1.29, 1.82) is 0 Å². The van der Waals surface area contributed by atoms with Gasteiger partial charge in [-0.2, -0.15) is 0 Å². The summed E-state index contributed by atoms with van der Waals surface area (Å²) in [6, 6.07) is 7.30. The molecule has 2 N–H and O–H groups in total. The third-order valence-corrected chi connectivity index (χ3v) is 6.67. The predicted octanol–water partition coefficient (Wildman–Crippen LogP) is 2.44. The number of fused-ring (bicyclic) bond motifs is 2. The van der Waals surface area contributed by atoms with Crippen LogP contribution in [0.15, 0.2) is 30.5 Å². The van der Waals surface area contributed by atoms with Gasteiger partial charge in [0.05, 0.1) is 43.7 Å². The second-order valence-electron chi connectivity index (χ2n) is 8.84. The van der Waals surface area contributed by atoms with Crippen LogP contribution in [0.25, 0.3) is 0 Å². The van der Waals surface area contributed by atoms with Gasteiger partial charge < -0.3 is 23.7 Å². The van der Waals surface area contributed by atoms with Gasteiger partial charge >= 0.3 is 11.9 Å². The molecule has 1 aromatic heterocycles. The smallest absolute Gasteiger partial charge is 0.311 e. The first-order chi connectivity index (χ1) is 17.8. The van der Waals surface area contributed by atoms with Crippen molar-refractivity contribution in [1.82, 2.24) is 10.4 Å². The molecule has 0 amide bonds. The molecule has 2 saturated heterocycles. The van der Waals surface area contributed by atoms with E-state index in [4.69, 9.17) is 50.5 Å². The van der Waals surface area contributed by atoms with Crippen LogP contribution in [0.3, 0.4) is 0 Å². The van der Waals surface area contributed by atoms with Gasteiger partial charge in [-0.3, -0.25) is 25.0 Å². The number of aromatic nitrogens is 1. The van der Waals surface area contributed by atoms with Crippen molar-refractivity contribution in [3.8, 4) is 5.75 Å². The first kappa shape index (κ1) is 25.9. The van der Waals surface area contributed by atoms with Gasteiger partial charge in [-0.1, -0.05) is 23.7 Å². The lowest BCUT2D eigenvalue weighted by atomic mass is 10.0. The van der Waals surface area contributed by atoms with Crippen molar-refractivity contribution < 1.29 is 48.5 Å². The lowest BCUT2D eigenvalue weighted by molar-refractivity contribution is -0.507. The molecule has 0 radical (unpaired) electrons. The maximum atomic E-state index is 12.6. The number of hydrogen-bond acceptors (Lipinski definition) is 12. The SMILES string of the molecule is Cc1ncc2c(c1OC(=O)CCC(=O)O[C@@H]1CO[C@H]3[C@@H]1OC[C@H]3ON(O)O)CO[C@H]2c1ccc(Cl)cc1. The van der Waals surface area contributed by atoms with E-state index in [0.29, 0.717) is 16.5 Å². The lowest BCUT2D eigenvalue weighted by Gasteiger charge is -2.17. The minimum absolute atomic E-state index is 0.0324. The summed E-state index contributed by atoms with van der Waals surface area (Å²) in [5, 5.41) is 17.9. The Bertz CT molecular complexity index is 1160. The van der Waals surface area contributed by atoms with Crippen LogP contribution >= 0.6 is 11.6 Å². The molecule has 37 heavy (non-hydrogen) atoms.